The van der Waals surface area contributed by atoms with Crippen molar-refractivity contribution in [3.8, 4) is 56.5 Å². The van der Waals surface area contributed by atoms with Gasteiger partial charge in [-0.05, 0) is 181 Å². The van der Waals surface area contributed by atoms with E-state index in [1.807, 2.05) is 134 Å². The van der Waals surface area contributed by atoms with Crippen LogP contribution in [0, 0.1) is 41.5 Å². The number of alkyl halides is 9. The second kappa shape index (κ2) is 41.6. The van der Waals surface area contributed by atoms with Gasteiger partial charge in [-0.15, -0.1) is 0 Å². The number of methoxy groups -OCH3 is 4. The minimum absolute atomic E-state index is 0.0519. The minimum atomic E-state index is -4.25. The normalized spacial score (nSPS) is 15.4. The maximum Gasteiger partial charge on any atom is 0.401 e. The van der Waals surface area contributed by atoms with Gasteiger partial charge in [-0.25, -0.2) is 15.0 Å². The molecule has 3 atom stereocenters. The maximum atomic E-state index is 13.8. The molecule has 3 fully saturated rings. The zero-order chi connectivity index (χ0) is 96.0. The van der Waals surface area contributed by atoms with E-state index < -0.39 is 38.2 Å². The molecule has 3 aliphatic rings. The van der Waals surface area contributed by atoms with Crippen LogP contribution in [0.5, 0.6) is 23.1 Å². The number of rotatable bonds is 25. The first-order valence-corrected chi connectivity index (χ1v) is 43.8. The fourth-order valence-electron chi connectivity index (χ4n) is 18.0. The van der Waals surface area contributed by atoms with E-state index in [2.05, 4.69) is 60.6 Å². The highest BCUT2D eigenvalue weighted by atomic mass is 35.5. The molecule has 0 aliphatic carbocycles. The summed E-state index contributed by atoms with van der Waals surface area (Å²) >= 11 is 12.4. The molecule has 12 aromatic rings. The Morgan fingerprint density at radius 2 is 0.662 bits per heavy atom. The van der Waals surface area contributed by atoms with E-state index in [-0.39, 0.29) is 111 Å². The Kier molecular flexibility index (Phi) is 30.8. The molecule has 0 spiro atoms. The van der Waals surface area contributed by atoms with Crippen molar-refractivity contribution < 1.29 is 72.8 Å². The van der Waals surface area contributed by atoms with Gasteiger partial charge in [0.15, 0.2) is 0 Å². The fourth-order valence-corrected chi connectivity index (χ4v) is 18.4. The lowest BCUT2D eigenvalue weighted by Crippen LogP contribution is -2.49. The van der Waals surface area contributed by atoms with Crippen LogP contribution in [0.2, 0.25) is 10.3 Å². The number of halogens is 11. The summed E-state index contributed by atoms with van der Waals surface area (Å²) < 4.78 is 145. The number of hydrogen-bond acceptors (Lipinski definition) is 19. The summed E-state index contributed by atoms with van der Waals surface area (Å²) in [5.41, 5.74) is 15.0. The number of hydrogen-bond donors (Lipinski definition) is 6. The smallest absolute Gasteiger partial charge is 0.401 e. The Balaban J connectivity index is 0.000000169. The molecule has 0 saturated carbocycles. The van der Waals surface area contributed by atoms with E-state index in [0.29, 0.717) is 123 Å². The number of piperazine rings is 3. The van der Waals surface area contributed by atoms with Gasteiger partial charge in [0.25, 0.3) is 34.4 Å². The summed E-state index contributed by atoms with van der Waals surface area (Å²) in [6, 6.07) is 26.5. The van der Waals surface area contributed by atoms with Crippen LogP contribution in [0.1, 0.15) is 138 Å². The lowest BCUT2D eigenvalue weighted by atomic mass is 9.99. The first-order valence-electron chi connectivity index (χ1n) is 43.0. The molecule has 3 aliphatic heterocycles. The van der Waals surface area contributed by atoms with Crippen molar-refractivity contribution in [3.63, 3.8) is 0 Å². The molecule has 0 radical (unpaired) electrons. The highest BCUT2D eigenvalue weighted by molar-refractivity contribution is 6.30. The summed E-state index contributed by atoms with van der Waals surface area (Å²) in [6.07, 6.45) is -2.08. The van der Waals surface area contributed by atoms with Gasteiger partial charge in [0.05, 0.1) is 101 Å². The molecule has 3 amide bonds. The van der Waals surface area contributed by atoms with Gasteiger partial charge in [-0.3, -0.25) is 58.2 Å². The number of H-pyrrole nitrogens is 3. The van der Waals surface area contributed by atoms with Crippen LogP contribution in [-0.2, 0) is 19.6 Å². The third kappa shape index (κ3) is 23.0. The van der Waals surface area contributed by atoms with Crippen molar-refractivity contribution >= 4 is 57.5 Å². The van der Waals surface area contributed by atoms with E-state index in [9.17, 15) is 68.3 Å². The molecule has 15 rings (SSSR count). The molecule has 12 aromatic heterocycles. The number of fused-ring (bicyclic) bond motifs is 3. The highest BCUT2D eigenvalue weighted by Crippen LogP contribution is 2.40. The number of amides is 3. The minimum Gasteiger partial charge on any atom is -0.496 e. The molecule has 133 heavy (non-hydrogen) atoms. The molecule has 39 heteroatoms. The summed E-state index contributed by atoms with van der Waals surface area (Å²) in [4.78, 5) is 111. The molecule has 6 N–H and O–H groups in total. The molecule has 1 unspecified atom stereocenters. The molecule has 3 saturated heterocycles. The SMILES string of the molecule is COc1cc(-c2ccn3c(C(C)N4CCN(CC(F)(F)F)CC4)c(C)c(C(=O)NCc4c(OC)cc(C)[nH]c4=O)cc23)ccn1.COc1cc(C)[nH]c(=O)c1CNC(=O)c1cc2c(-c3ccnc(Cl)c3)ccn2c([C@@H](C)N2CCN(CC(F)(F)F)CC2)c1C.COc1cc(C)[nH]c(=O)c1CNC(=O)c1cc2c(-c3ccnc(Cl)c3)ccn2c([C@H](C)N2CCN(CC(F)(F)F)CC2)c1C. The number of nitrogens with zero attached hydrogens (tertiary/aromatic N) is 12. The monoisotopic (exact) mass is 1890 g/mol. The van der Waals surface area contributed by atoms with Gasteiger partial charge in [-0.2, -0.15) is 39.5 Å². The van der Waals surface area contributed by atoms with Crippen LogP contribution in [-0.4, -0.2) is 235 Å². The predicted molar refractivity (Wildman–Crippen MR) is 489 cm³/mol. The van der Waals surface area contributed by atoms with E-state index in [4.69, 9.17) is 42.1 Å². The van der Waals surface area contributed by atoms with Gasteiger partial charge in [0, 0.05) is 207 Å². The van der Waals surface area contributed by atoms with Crippen LogP contribution >= 0.6 is 23.2 Å². The van der Waals surface area contributed by atoms with Crippen LogP contribution in [0.4, 0.5) is 39.5 Å². The Hall–Kier alpha value is -12.1. The average Bonchev–Trinajstić information content (AvgIpc) is 1.62. The number of nitrogens with one attached hydrogen (secondary N) is 6. The van der Waals surface area contributed by atoms with E-state index in [0.717, 1.165) is 83.7 Å². The van der Waals surface area contributed by atoms with Crippen LogP contribution < -0.4 is 51.6 Å². The van der Waals surface area contributed by atoms with Gasteiger partial charge >= 0.3 is 18.5 Å². The topological polar surface area (TPSA) is 294 Å². The Morgan fingerprint density at radius 3 is 0.917 bits per heavy atom. The third-order valence-electron chi connectivity index (χ3n) is 24.7. The summed E-state index contributed by atoms with van der Waals surface area (Å²) in [7, 11) is 5.94. The van der Waals surface area contributed by atoms with Crippen molar-refractivity contribution in [2.75, 3.05) is 127 Å². The van der Waals surface area contributed by atoms with Crippen molar-refractivity contribution in [2.45, 2.75) is 119 Å². The number of carbonyl (C=O) groups is 3. The van der Waals surface area contributed by atoms with Crippen molar-refractivity contribution in [3.05, 3.63) is 254 Å². The predicted octanol–water partition coefficient (Wildman–Crippen LogP) is 14.8. The quantitative estimate of drug-likeness (QED) is 0.0229. The number of aromatic nitrogens is 9. The van der Waals surface area contributed by atoms with Gasteiger partial charge in [0.1, 0.15) is 27.6 Å². The van der Waals surface area contributed by atoms with Crippen molar-refractivity contribution in [1.82, 2.24) is 88.5 Å². The lowest BCUT2D eigenvalue weighted by Gasteiger charge is -2.39. The van der Waals surface area contributed by atoms with Crippen LogP contribution in [0.25, 0.3) is 49.9 Å². The molecular weight excluding hydrogens is 1780 g/mol. The zero-order valence-corrected chi connectivity index (χ0v) is 77.2. The molecule has 0 bridgehead atoms. The molecule has 28 nitrogen and oxygen atoms in total. The summed E-state index contributed by atoms with van der Waals surface area (Å²) in [6.45, 7) is 18.3. The molecule has 0 aromatic carbocycles. The second-order valence-corrected chi connectivity index (χ2v) is 34.1. The maximum absolute atomic E-state index is 13.8. The average molecular weight is 1890 g/mol. The van der Waals surface area contributed by atoms with Crippen molar-refractivity contribution in [2.24, 2.45) is 0 Å². The van der Waals surface area contributed by atoms with E-state index in [1.54, 1.807) is 69.7 Å². The fraction of sp³-hybridized carbons (Fsp3) is 0.394. The molecular formula is C94H105Cl2F9N18O10. The lowest BCUT2D eigenvalue weighted by molar-refractivity contribution is -0.150. The number of aromatic amines is 3. The number of carbonyl (C=O) groups excluding carboxylic acids is 3. The van der Waals surface area contributed by atoms with Gasteiger partial charge < -0.3 is 63.1 Å². The Labute approximate surface area is 770 Å². The highest BCUT2D eigenvalue weighted by Gasteiger charge is 2.39. The number of pyridine rings is 9. The second-order valence-electron chi connectivity index (χ2n) is 33.3. The van der Waals surface area contributed by atoms with E-state index in [1.165, 1.54) is 43.1 Å². The Bertz CT molecular complexity index is 6210. The Morgan fingerprint density at radius 1 is 0.391 bits per heavy atom. The summed E-state index contributed by atoms with van der Waals surface area (Å²) in [5.74, 6) is 0.440. The van der Waals surface area contributed by atoms with Gasteiger partial charge in [-0.1, -0.05) is 23.2 Å². The standard InChI is InChI=1S/C32H37F3N6O4.2C31H34ClF3N6O3/c1-19-14-27(44-4)25(31(43)38-19)17-37-30(42)24-16-26-23(22-6-8-36-28(15-22)45-5)7-9-41(26)29(20(24)2)21(3)40-12-10-39(11-13-40)18-32(33,34)35;2*1-18-13-26(44-4)24(30(43)38-18)16-37-29(42)23-15-25-22(21-5-7-36-27(32)14-21)6-8-41(25)28(19(23)2)20(3)40-11-9-39(10-12-40)17-31(33,34)35/h6-9,14-16,21H,10-13,17-18H2,1-5H3,(H,37,42)(H,38,43);2*5-8,13-15,20H,9-12,16-17H2,1-4H3,(H,37,42)(H,38,43)/t;2*20-/m.10/s1. The van der Waals surface area contributed by atoms with Crippen LogP contribution in [0.15, 0.2) is 143 Å². The first kappa shape index (κ1) is 98.4. The number of ether oxygens (including phenoxy) is 4. The third-order valence-corrected chi connectivity index (χ3v) is 25.1. The van der Waals surface area contributed by atoms with E-state index >= 15 is 0 Å². The first-order chi connectivity index (χ1) is 63.1. The molecule has 708 valence electrons. The van der Waals surface area contributed by atoms with Crippen molar-refractivity contribution in [1.29, 1.82) is 0 Å². The number of aryl methyl sites for hydroxylation is 3. The van der Waals surface area contributed by atoms with Gasteiger partial charge in [0.2, 0.25) is 5.88 Å². The largest absolute Gasteiger partial charge is 0.496 e. The zero-order valence-electron chi connectivity index (χ0n) is 75.7. The van der Waals surface area contributed by atoms with Crippen LogP contribution in [0.3, 0.4) is 0 Å². The molecule has 15 heterocycles. The summed E-state index contributed by atoms with van der Waals surface area (Å²) in [5, 5.41) is 9.32.